The molecule has 0 radical (unpaired) electrons. The number of fused-ring (bicyclic) bond motifs is 1. The third kappa shape index (κ3) is 2.00. The summed E-state index contributed by atoms with van der Waals surface area (Å²) in [7, 11) is 0. The minimum atomic E-state index is -0.642. The molecule has 2 aromatic rings. The Morgan fingerprint density at radius 2 is 1.80 bits per heavy atom. The molecule has 1 aliphatic heterocycles. The van der Waals surface area contributed by atoms with Crippen molar-refractivity contribution < 1.29 is 13.2 Å². The van der Waals surface area contributed by atoms with Gasteiger partial charge in [-0.1, -0.05) is 6.07 Å². The minimum Gasteiger partial charge on any atom is -0.319 e. The predicted octanol–water partition coefficient (Wildman–Crippen LogP) is 4.21. The van der Waals surface area contributed by atoms with Gasteiger partial charge in [-0.3, -0.25) is 5.41 Å². The number of amidine groups is 1. The Morgan fingerprint density at radius 1 is 1.05 bits per heavy atom. The number of nitrogens with zero attached hydrogens (tertiary/aromatic N) is 1. The molecule has 0 fully saturated rings. The van der Waals surface area contributed by atoms with E-state index < -0.39 is 17.5 Å². The molecule has 0 atom stereocenters. The van der Waals surface area contributed by atoms with E-state index in [1.807, 2.05) is 0 Å². The molecule has 6 heteroatoms. The van der Waals surface area contributed by atoms with E-state index in [1.165, 1.54) is 17.0 Å². The normalized spacial score (nSPS) is 13.8. The van der Waals surface area contributed by atoms with Crippen LogP contribution in [-0.2, 0) is 6.54 Å². The Labute approximate surface area is 121 Å². The first-order chi connectivity index (χ1) is 9.47. The van der Waals surface area contributed by atoms with E-state index in [9.17, 15) is 13.2 Å². The molecule has 0 amide bonds. The van der Waals surface area contributed by atoms with Crippen LogP contribution in [0.25, 0.3) is 0 Å². The van der Waals surface area contributed by atoms with E-state index in [0.717, 1.165) is 12.1 Å². The van der Waals surface area contributed by atoms with Crippen molar-refractivity contribution in [2.75, 3.05) is 4.90 Å². The van der Waals surface area contributed by atoms with Crippen LogP contribution in [0, 0.1) is 22.9 Å². The maximum atomic E-state index is 13.9. The third-order valence-corrected chi connectivity index (χ3v) is 3.81. The standard InChI is InChI=1S/C14H8BrF3N2/c15-10-4-12(18)13(5-11(10)17)20-6-7-1-2-8(16)3-9(7)14(20)19/h1-5,19H,6H2. The SMILES string of the molecule is N=C1c2cc(F)ccc2CN1c1cc(F)c(Br)cc1F. The summed E-state index contributed by atoms with van der Waals surface area (Å²) in [5.74, 6) is -1.76. The van der Waals surface area contributed by atoms with Crippen molar-refractivity contribution in [1.82, 2.24) is 0 Å². The monoisotopic (exact) mass is 340 g/mol. The molecule has 102 valence electrons. The summed E-state index contributed by atoms with van der Waals surface area (Å²) in [5.41, 5.74) is 1.07. The lowest BCUT2D eigenvalue weighted by Gasteiger charge is -2.19. The van der Waals surface area contributed by atoms with Gasteiger partial charge >= 0.3 is 0 Å². The van der Waals surface area contributed by atoms with Gasteiger partial charge in [0.25, 0.3) is 0 Å². The number of halogens is 4. The Bertz CT molecular complexity index is 731. The molecule has 2 nitrogen and oxygen atoms in total. The van der Waals surface area contributed by atoms with Crippen LogP contribution in [0.4, 0.5) is 18.9 Å². The van der Waals surface area contributed by atoms with E-state index in [4.69, 9.17) is 5.41 Å². The number of anilines is 1. The first-order valence-corrected chi connectivity index (χ1v) is 6.56. The van der Waals surface area contributed by atoms with Crippen molar-refractivity contribution >= 4 is 27.5 Å². The first kappa shape index (κ1) is 13.2. The lowest BCUT2D eigenvalue weighted by atomic mass is 10.1. The lowest BCUT2D eigenvalue weighted by Crippen LogP contribution is -2.24. The van der Waals surface area contributed by atoms with Crippen LogP contribution in [0.5, 0.6) is 0 Å². The van der Waals surface area contributed by atoms with Crippen molar-refractivity contribution in [3.8, 4) is 0 Å². The summed E-state index contributed by atoms with van der Waals surface area (Å²) in [6.45, 7) is 0.215. The number of benzene rings is 2. The summed E-state index contributed by atoms with van der Waals surface area (Å²) in [4.78, 5) is 1.31. The van der Waals surface area contributed by atoms with E-state index in [2.05, 4.69) is 15.9 Å². The van der Waals surface area contributed by atoms with Crippen molar-refractivity contribution in [1.29, 1.82) is 5.41 Å². The molecule has 1 N–H and O–H groups in total. The zero-order valence-electron chi connectivity index (χ0n) is 10.1. The summed E-state index contributed by atoms with van der Waals surface area (Å²) in [6, 6.07) is 6.10. The van der Waals surface area contributed by atoms with Gasteiger partial charge in [0.2, 0.25) is 0 Å². The highest BCUT2D eigenvalue weighted by molar-refractivity contribution is 9.10. The topological polar surface area (TPSA) is 27.1 Å². The smallest absolute Gasteiger partial charge is 0.148 e. The van der Waals surface area contributed by atoms with Gasteiger partial charge in [-0.15, -0.1) is 0 Å². The van der Waals surface area contributed by atoms with Crippen molar-refractivity contribution in [2.45, 2.75) is 6.54 Å². The van der Waals surface area contributed by atoms with Crippen LogP contribution < -0.4 is 4.90 Å². The van der Waals surface area contributed by atoms with Crippen LogP contribution in [0.1, 0.15) is 11.1 Å². The lowest BCUT2D eigenvalue weighted by molar-refractivity contribution is 0.594. The summed E-state index contributed by atoms with van der Waals surface area (Å²) in [5, 5.41) is 8.00. The maximum Gasteiger partial charge on any atom is 0.148 e. The molecule has 3 rings (SSSR count). The van der Waals surface area contributed by atoms with Crippen LogP contribution >= 0.6 is 15.9 Å². The molecule has 1 heterocycles. The van der Waals surface area contributed by atoms with Gasteiger partial charge in [0.15, 0.2) is 0 Å². The molecule has 2 aromatic carbocycles. The number of hydrogen-bond acceptors (Lipinski definition) is 1. The number of rotatable bonds is 1. The van der Waals surface area contributed by atoms with Gasteiger partial charge in [0, 0.05) is 11.6 Å². The highest BCUT2D eigenvalue weighted by Crippen LogP contribution is 2.32. The fourth-order valence-corrected chi connectivity index (χ4v) is 2.54. The molecule has 0 aliphatic carbocycles. The van der Waals surface area contributed by atoms with Gasteiger partial charge < -0.3 is 4.90 Å². The van der Waals surface area contributed by atoms with E-state index >= 15 is 0 Å². The average Bonchev–Trinajstić information content (AvgIpc) is 2.71. The fraction of sp³-hybridized carbons (Fsp3) is 0.0714. The van der Waals surface area contributed by atoms with Crippen LogP contribution in [-0.4, -0.2) is 5.84 Å². The molecule has 0 aromatic heterocycles. The molecular weight excluding hydrogens is 333 g/mol. The Hall–Kier alpha value is -1.82. The number of hydrogen-bond donors (Lipinski definition) is 1. The second-order valence-corrected chi connectivity index (χ2v) is 5.31. The first-order valence-electron chi connectivity index (χ1n) is 5.77. The summed E-state index contributed by atoms with van der Waals surface area (Å²) in [6.07, 6.45) is 0. The van der Waals surface area contributed by atoms with Gasteiger partial charge in [-0.2, -0.15) is 0 Å². The summed E-state index contributed by atoms with van der Waals surface area (Å²) >= 11 is 2.90. The molecule has 0 spiro atoms. The minimum absolute atomic E-state index is 0.0213. The van der Waals surface area contributed by atoms with Crippen molar-refractivity contribution in [2.24, 2.45) is 0 Å². The molecular formula is C14H8BrF3N2. The highest BCUT2D eigenvalue weighted by Gasteiger charge is 2.28. The zero-order valence-corrected chi connectivity index (χ0v) is 11.6. The van der Waals surface area contributed by atoms with Gasteiger partial charge in [-0.05, 0) is 39.7 Å². The third-order valence-electron chi connectivity index (χ3n) is 3.21. The second kappa shape index (κ2) is 4.63. The van der Waals surface area contributed by atoms with E-state index in [-0.39, 0.29) is 22.5 Å². The highest BCUT2D eigenvalue weighted by atomic mass is 79.9. The predicted molar refractivity (Wildman–Crippen MR) is 73.5 cm³/mol. The average molecular weight is 341 g/mol. The Kier molecular flexibility index (Phi) is 3.05. The quantitative estimate of drug-likeness (QED) is 0.773. The van der Waals surface area contributed by atoms with Crippen LogP contribution in [0.3, 0.4) is 0 Å². The Balaban J connectivity index is 2.07. The van der Waals surface area contributed by atoms with Crippen LogP contribution in [0.15, 0.2) is 34.8 Å². The molecule has 0 unspecified atom stereocenters. The van der Waals surface area contributed by atoms with E-state index in [0.29, 0.717) is 11.1 Å². The maximum absolute atomic E-state index is 13.9. The molecule has 20 heavy (non-hydrogen) atoms. The molecule has 0 bridgehead atoms. The van der Waals surface area contributed by atoms with Crippen molar-refractivity contribution in [3.05, 3.63) is 63.4 Å². The van der Waals surface area contributed by atoms with Gasteiger partial charge in [0.05, 0.1) is 16.7 Å². The molecule has 0 saturated heterocycles. The van der Waals surface area contributed by atoms with Gasteiger partial charge in [-0.25, -0.2) is 13.2 Å². The van der Waals surface area contributed by atoms with E-state index in [1.54, 1.807) is 6.07 Å². The van der Waals surface area contributed by atoms with Crippen molar-refractivity contribution in [3.63, 3.8) is 0 Å². The van der Waals surface area contributed by atoms with Gasteiger partial charge in [0.1, 0.15) is 23.3 Å². The summed E-state index contributed by atoms with van der Waals surface area (Å²) < 4.78 is 40.7. The second-order valence-electron chi connectivity index (χ2n) is 4.45. The number of nitrogens with one attached hydrogen (secondary N) is 1. The Morgan fingerprint density at radius 3 is 2.55 bits per heavy atom. The molecule has 0 saturated carbocycles. The zero-order chi connectivity index (χ0) is 14.4. The largest absolute Gasteiger partial charge is 0.319 e. The fourth-order valence-electron chi connectivity index (χ4n) is 2.23. The van der Waals surface area contributed by atoms with Crippen LogP contribution in [0.2, 0.25) is 0 Å². The molecule has 1 aliphatic rings.